The van der Waals surface area contributed by atoms with Gasteiger partial charge in [-0.1, -0.05) is 17.6 Å². The summed E-state index contributed by atoms with van der Waals surface area (Å²) in [6.07, 6.45) is 5.06. The quantitative estimate of drug-likeness (QED) is 0.740. The monoisotopic (exact) mass is 314 g/mol. The fraction of sp³-hybridized carbons (Fsp3) is 0.333. The second kappa shape index (κ2) is 5.49. The van der Waals surface area contributed by atoms with Gasteiger partial charge in [0.05, 0.1) is 16.9 Å². The smallest absolute Gasteiger partial charge is 0.254 e. The predicted molar refractivity (Wildman–Crippen MR) is 81.8 cm³/mol. The average Bonchev–Trinajstić information content (AvgIpc) is 3.10. The normalized spacial score (nSPS) is 14.9. The molecule has 22 heavy (non-hydrogen) atoms. The zero-order chi connectivity index (χ0) is 14.9. The summed E-state index contributed by atoms with van der Waals surface area (Å²) in [4.78, 5) is 21.8. The Morgan fingerprint density at radius 2 is 2.32 bits per heavy atom. The minimum absolute atomic E-state index is 0.0761. The summed E-state index contributed by atoms with van der Waals surface area (Å²) in [5.74, 6) is 1.41. The molecule has 0 unspecified atom stereocenters. The van der Waals surface area contributed by atoms with Crippen LogP contribution in [0.1, 0.15) is 36.8 Å². The van der Waals surface area contributed by atoms with Gasteiger partial charge < -0.3 is 4.52 Å². The number of hydrogen-bond acceptors (Lipinski definition) is 6. The summed E-state index contributed by atoms with van der Waals surface area (Å²) in [6, 6.07) is 5.49. The van der Waals surface area contributed by atoms with Crippen molar-refractivity contribution in [3.8, 4) is 10.7 Å². The maximum Gasteiger partial charge on any atom is 0.254 e. The molecule has 0 spiro atoms. The van der Waals surface area contributed by atoms with E-state index in [4.69, 9.17) is 4.52 Å². The first kappa shape index (κ1) is 13.4. The lowest BCUT2D eigenvalue weighted by Crippen LogP contribution is -2.23. The Bertz CT molecular complexity index is 833. The largest absolute Gasteiger partial charge is 0.337 e. The van der Waals surface area contributed by atoms with E-state index in [2.05, 4.69) is 15.1 Å². The van der Waals surface area contributed by atoms with E-state index < -0.39 is 0 Å². The molecule has 3 aromatic heterocycles. The second-order valence-corrected chi connectivity index (χ2v) is 6.34. The molecule has 7 heteroatoms. The minimum atomic E-state index is -0.0761. The molecule has 1 aliphatic carbocycles. The summed E-state index contributed by atoms with van der Waals surface area (Å²) in [5.41, 5.74) is 0.824. The molecule has 0 saturated heterocycles. The summed E-state index contributed by atoms with van der Waals surface area (Å²) in [6.45, 7) is 0.245. The topological polar surface area (TPSA) is 73.8 Å². The van der Waals surface area contributed by atoms with E-state index in [0.29, 0.717) is 17.6 Å². The number of rotatable bonds is 4. The van der Waals surface area contributed by atoms with Crippen LogP contribution in [-0.2, 0) is 6.54 Å². The highest BCUT2D eigenvalue weighted by molar-refractivity contribution is 7.13. The fourth-order valence-electron chi connectivity index (χ4n) is 2.46. The fourth-order valence-corrected chi connectivity index (χ4v) is 3.11. The standard InChI is InChI=1S/C15H14N4O2S/c20-14-7-11(10-3-1-4-10)16-9-19(14)8-13-17-15(18-21-13)12-5-2-6-22-12/h2,5-7,9-10H,1,3-4,8H2. The van der Waals surface area contributed by atoms with Crippen LogP contribution in [0.2, 0.25) is 0 Å². The number of hydrogen-bond donors (Lipinski definition) is 0. The van der Waals surface area contributed by atoms with Crippen LogP contribution in [0.3, 0.4) is 0 Å². The Kier molecular flexibility index (Phi) is 3.34. The number of thiophene rings is 1. The van der Waals surface area contributed by atoms with E-state index in [1.165, 1.54) is 11.0 Å². The molecule has 3 heterocycles. The van der Waals surface area contributed by atoms with Crippen molar-refractivity contribution in [3.63, 3.8) is 0 Å². The summed E-state index contributed by atoms with van der Waals surface area (Å²) in [5, 5.41) is 5.90. The maximum atomic E-state index is 12.2. The zero-order valence-electron chi connectivity index (χ0n) is 11.8. The second-order valence-electron chi connectivity index (χ2n) is 5.40. The van der Waals surface area contributed by atoms with Gasteiger partial charge in [-0.15, -0.1) is 11.3 Å². The highest BCUT2D eigenvalue weighted by atomic mass is 32.1. The first-order chi connectivity index (χ1) is 10.8. The molecule has 0 aromatic carbocycles. The Balaban J connectivity index is 1.54. The molecule has 112 valence electrons. The third-order valence-electron chi connectivity index (χ3n) is 3.94. The van der Waals surface area contributed by atoms with E-state index in [1.807, 2.05) is 17.5 Å². The summed E-state index contributed by atoms with van der Waals surface area (Å²) < 4.78 is 6.71. The van der Waals surface area contributed by atoms with E-state index in [0.717, 1.165) is 23.4 Å². The van der Waals surface area contributed by atoms with Gasteiger partial charge in [0, 0.05) is 12.0 Å². The van der Waals surface area contributed by atoms with Gasteiger partial charge in [-0.3, -0.25) is 9.36 Å². The summed E-state index contributed by atoms with van der Waals surface area (Å²) >= 11 is 1.55. The van der Waals surface area contributed by atoms with Crippen molar-refractivity contribution in [3.05, 3.63) is 51.8 Å². The van der Waals surface area contributed by atoms with Gasteiger partial charge in [0.25, 0.3) is 5.56 Å². The van der Waals surface area contributed by atoms with Gasteiger partial charge in [0.1, 0.15) is 6.54 Å². The van der Waals surface area contributed by atoms with Gasteiger partial charge in [-0.05, 0) is 24.3 Å². The Labute approximate surface area is 130 Å². The van der Waals surface area contributed by atoms with E-state index >= 15 is 0 Å². The van der Waals surface area contributed by atoms with Gasteiger partial charge in [-0.25, -0.2) is 4.98 Å². The lowest BCUT2D eigenvalue weighted by Gasteiger charge is -2.24. The van der Waals surface area contributed by atoms with E-state index in [9.17, 15) is 4.79 Å². The van der Waals surface area contributed by atoms with Crippen LogP contribution >= 0.6 is 11.3 Å². The molecule has 4 rings (SSSR count). The first-order valence-corrected chi connectivity index (χ1v) is 8.10. The SMILES string of the molecule is O=c1cc(C2CCC2)ncn1Cc1nc(-c2cccs2)no1. The molecule has 0 amide bonds. The predicted octanol–water partition coefficient (Wildman–Crippen LogP) is 2.67. The molecule has 1 saturated carbocycles. The Morgan fingerprint density at radius 3 is 3.00 bits per heavy atom. The van der Waals surface area contributed by atoms with Gasteiger partial charge in [0.15, 0.2) is 0 Å². The van der Waals surface area contributed by atoms with Crippen LogP contribution in [0.5, 0.6) is 0 Å². The van der Waals surface area contributed by atoms with E-state index in [-0.39, 0.29) is 12.1 Å². The van der Waals surface area contributed by atoms with Crippen LogP contribution in [0, 0.1) is 0 Å². The maximum absolute atomic E-state index is 12.2. The molecule has 0 aliphatic heterocycles. The van der Waals surface area contributed by atoms with Crippen LogP contribution in [0.25, 0.3) is 10.7 Å². The van der Waals surface area contributed by atoms with E-state index in [1.54, 1.807) is 23.7 Å². The Morgan fingerprint density at radius 1 is 1.41 bits per heavy atom. The van der Waals surface area contributed by atoms with Crippen LogP contribution in [-0.4, -0.2) is 19.7 Å². The Hall–Kier alpha value is -2.28. The third-order valence-corrected chi connectivity index (χ3v) is 4.81. The highest BCUT2D eigenvalue weighted by Crippen LogP contribution is 2.34. The minimum Gasteiger partial charge on any atom is -0.337 e. The summed E-state index contributed by atoms with van der Waals surface area (Å²) in [7, 11) is 0. The van der Waals surface area contributed by atoms with Gasteiger partial charge >= 0.3 is 0 Å². The molecule has 0 atom stereocenters. The molecular formula is C15H14N4O2S. The lowest BCUT2D eigenvalue weighted by molar-refractivity contribution is 0.368. The highest BCUT2D eigenvalue weighted by Gasteiger charge is 2.21. The van der Waals surface area contributed by atoms with Crippen molar-refractivity contribution in [2.24, 2.45) is 0 Å². The van der Waals surface area contributed by atoms with Crippen molar-refractivity contribution in [2.45, 2.75) is 31.7 Å². The van der Waals surface area contributed by atoms with Gasteiger partial charge in [-0.2, -0.15) is 4.98 Å². The van der Waals surface area contributed by atoms with Crippen molar-refractivity contribution in [1.29, 1.82) is 0 Å². The van der Waals surface area contributed by atoms with Crippen molar-refractivity contribution in [1.82, 2.24) is 19.7 Å². The molecule has 1 aliphatic rings. The van der Waals surface area contributed by atoms with Gasteiger partial charge in [0.2, 0.25) is 11.7 Å². The number of aromatic nitrogens is 4. The lowest BCUT2D eigenvalue weighted by atomic mass is 9.83. The van der Waals surface area contributed by atoms with Crippen molar-refractivity contribution < 1.29 is 4.52 Å². The molecular weight excluding hydrogens is 300 g/mol. The molecule has 0 radical (unpaired) electrons. The zero-order valence-corrected chi connectivity index (χ0v) is 12.6. The van der Waals surface area contributed by atoms with Crippen molar-refractivity contribution >= 4 is 11.3 Å². The third kappa shape index (κ3) is 2.48. The van der Waals surface area contributed by atoms with Crippen LogP contribution in [0.4, 0.5) is 0 Å². The molecule has 1 fully saturated rings. The first-order valence-electron chi connectivity index (χ1n) is 7.22. The average molecular weight is 314 g/mol. The molecule has 0 bridgehead atoms. The van der Waals surface area contributed by atoms with Crippen LogP contribution < -0.4 is 5.56 Å². The molecule has 6 nitrogen and oxygen atoms in total. The number of nitrogens with zero attached hydrogens (tertiary/aromatic N) is 4. The van der Waals surface area contributed by atoms with Crippen LogP contribution in [0.15, 0.2) is 39.2 Å². The molecule has 0 N–H and O–H groups in total. The molecule has 3 aromatic rings. The van der Waals surface area contributed by atoms with Crippen molar-refractivity contribution in [2.75, 3.05) is 0 Å².